The highest BCUT2D eigenvalue weighted by Gasteiger charge is 2.26. The molecule has 0 bridgehead atoms. The van der Waals surface area contributed by atoms with Gasteiger partial charge in [-0.3, -0.25) is 25.2 Å². The summed E-state index contributed by atoms with van der Waals surface area (Å²) in [4.78, 5) is 34.3. The molecule has 0 spiro atoms. The van der Waals surface area contributed by atoms with Gasteiger partial charge in [-0.15, -0.1) is 0 Å². The Hall–Kier alpha value is -2.37. The van der Waals surface area contributed by atoms with Gasteiger partial charge in [0.1, 0.15) is 0 Å². The lowest BCUT2D eigenvalue weighted by Gasteiger charge is -2.07. The Labute approximate surface area is 116 Å². The van der Waals surface area contributed by atoms with E-state index in [1.807, 2.05) is 31.2 Å². The summed E-state index contributed by atoms with van der Waals surface area (Å²) in [6, 6.07) is 7.62. The first kappa shape index (κ1) is 14.0. The molecule has 0 unspecified atom stereocenters. The Kier molecular flexibility index (Phi) is 4.34. The molecule has 0 atom stereocenters. The van der Waals surface area contributed by atoms with Crippen LogP contribution in [0.1, 0.15) is 24.0 Å². The second-order valence-corrected chi connectivity index (χ2v) is 4.92. The fourth-order valence-electron chi connectivity index (χ4n) is 1.71. The zero-order valence-electron chi connectivity index (χ0n) is 11.2. The van der Waals surface area contributed by atoms with Crippen molar-refractivity contribution in [3.05, 3.63) is 35.4 Å². The summed E-state index contributed by atoms with van der Waals surface area (Å²) in [6.45, 7) is 1.94. The van der Waals surface area contributed by atoms with E-state index in [1.54, 1.807) is 0 Å². The minimum Gasteiger partial charge on any atom is -0.345 e. The molecule has 0 saturated heterocycles. The van der Waals surface area contributed by atoms with Gasteiger partial charge in [0.15, 0.2) is 0 Å². The topological polar surface area (TPSA) is 87.3 Å². The molecule has 1 aromatic carbocycles. The first-order valence-electron chi connectivity index (χ1n) is 6.50. The highest BCUT2D eigenvalue weighted by Crippen LogP contribution is 2.18. The fourth-order valence-corrected chi connectivity index (χ4v) is 1.71. The van der Waals surface area contributed by atoms with Gasteiger partial charge in [0, 0.05) is 6.04 Å². The maximum atomic E-state index is 11.6. The van der Waals surface area contributed by atoms with Crippen LogP contribution in [0.15, 0.2) is 24.3 Å². The summed E-state index contributed by atoms with van der Waals surface area (Å²) >= 11 is 0. The summed E-state index contributed by atoms with van der Waals surface area (Å²) in [5.41, 5.74) is 6.23. The number of carbonyl (C=O) groups is 3. The van der Waals surface area contributed by atoms with E-state index in [0.29, 0.717) is 0 Å². The molecule has 3 amide bonds. The van der Waals surface area contributed by atoms with Crippen LogP contribution in [0.2, 0.25) is 0 Å². The first-order chi connectivity index (χ1) is 9.54. The SMILES string of the molecule is Cc1cccc(CC(=O)NNC(=O)C(=O)NC2CC2)c1. The molecule has 20 heavy (non-hydrogen) atoms. The molecule has 1 fully saturated rings. The second kappa shape index (κ2) is 6.18. The molecule has 0 aromatic heterocycles. The van der Waals surface area contributed by atoms with E-state index in [0.717, 1.165) is 24.0 Å². The molecule has 0 aliphatic heterocycles. The number of hydrogen-bond acceptors (Lipinski definition) is 3. The van der Waals surface area contributed by atoms with Crippen LogP contribution in [-0.2, 0) is 20.8 Å². The smallest absolute Gasteiger partial charge is 0.327 e. The lowest BCUT2D eigenvalue weighted by Crippen LogP contribution is -2.49. The van der Waals surface area contributed by atoms with Gasteiger partial charge in [0.25, 0.3) is 0 Å². The Morgan fingerprint density at radius 2 is 1.90 bits per heavy atom. The predicted octanol–water partition coefficient (Wildman–Crippen LogP) is -0.0365. The maximum absolute atomic E-state index is 11.6. The molecule has 106 valence electrons. The average molecular weight is 275 g/mol. The number of benzene rings is 1. The van der Waals surface area contributed by atoms with Crippen LogP contribution < -0.4 is 16.2 Å². The van der Waals surface area contributed by atoms with Gasteiger partial charge in [-0.2, -0.15) is 0 Å². The maximum Gasteiger partial charge on any atom is 0.327 e. The molecule has 6 heteroatoms. The van der Waals surface area contributed by atoms with Crippen molar-refractivity contribution in [3.8, 4) is 0 Å². The van der Waals surface area contributed by atoms with Gasteiger partial charge in [0.2, 0.25) is 5.91 Å². The summed E-state index contributed by atoms with van der Waals surface area (Å²) < 4.78 is 0. The van der Waals surface area contributed by atoms with Crippen molar-refractivity contribution in [3.63, 3.8) is 0 Å². The van der Waals surface area contributed by atoms with Gasteiger partial charge >= 0.3 is 11.8 Å². The Bertz CT molecular complexity index is 538. The van der Waals surface area contributed by atoms with Crippen LogP contribution in [0.5, 0.6) is 0 Å². The molecular formula is C14H17N3O3. The molecule has 1 aliphatic rings. The number of hydrogen-bond donors (Lipinski definition) is 3. The van der Waals surface area contributed by atoms with E-state index in [9.17, 15) is 14.4 Å². The van der Waals surface area contributed by atoms with Crippen LogP contribution in [0.3, 0.4) is 0 Å². The molecule has 2 rings (SSSR count). The predicted molar refractivity (Wildman–Crippen MR) is 72.3 cm³/mol. The Morgan fingerprint density at radius 1 is 1.15 bits per heavy atom. The molecular weight excluding hydrogens is 258 g/mol. The third kappa shape index (κ3) is 4.38. The number of carbonyl (C=O) groups excluding carboxylic acids is 3. The van der Waals surface area contributed by atoms with Gasteiger partial charge < -0.3 is 5.32 Å². The molecule has 0 radical (unpaired) electrons. The van der Waals surface area contributed by atoms with Crippen molar-refractivity contribution in [1.29, 1.82) is 0 Å². The number of hydrazine groups is 1. The van der Waals surface area contributed by atoms with E-state index >= 15 is 0 Å². The van der Waals surface area contributed by atoms with Gasteiger partial charge in [-0.25, -0.2) is 0 Å². The van der Waals surface area contributed by atoms with Crippen molar-refractivity contribution in [1.82, 2.24) is 16.2 Å². The summed E-state index contributed by atoms with van der Waals surface area (Å²) in [5, 5.41) is 2.53. The number of nitrogens with one attached hydrogen (secondary N) is 3. The van der Waals surface area contributed by atoms with E-state index in [2.05, 4.69) is 16.2 Å². The van der Waals surface area contributed by atoms with E-state index in [4.69, 9.17) is 0 Å². The van der Waals surface area contributed by atoms with Crippen molar-refractivity contribution in [2.24, 2.45) is 0 Å². The fraction of sp³-hybridized carbons (Fsp3) is 0.357. The summed E-state index contributed by atoms with van der Waals surface area (Å²) in [5.74, 6) is -1.94. The number of amides is 3. The van der Waals surface area contributed by atoms with Crippen molar-refractivity contribution < 1.29 is 14.4 Å². The van der Waals surface area contributed by atoms with Gasteiger partial charge in [-0.1, -0.05) is 29.8 Å². The zero-order chi connectivity index (χ0) is 14.5. The molecule has 0 heterocycles. The van der Waals surface area contributed by atoms with Gasteiger partial charge in [-0.05, 0) is 25.3 Å². The molecule has 3 N–H and O–H groups in total. The van der Waals surface area contributed by atoms with Crippen molar-refractivity contribution in [2.75, 3.05) is 0 Å². The van der Waals surface area contributed by atoms with E-state index in [-0.39, 0.29) is 18.4 Å². The van der Waals surface area contributed by atoms with Crippen LogP contribution in [0, 0.1) is 6.92 Å². The Balaban J connectivity index is 1.74. The van der Waals surface area contributed by atoms with E-state index in [1.165, 1.54) is 0 Å². The second-order valence-electron chi connectivity index (χ2n) is 4.92. The number of rotatable bonds is 3. The lowest BCUT2D eigenvalue weighted by atomic mass is 10.1. The highest BCUT2D eigenvalue weighted by molar-refractivity contribution is 6.35. The monoisotopic (exact) mass is 275 g/mol. The summed E-state index contributed by atoms with van der Waals surface area (Å²) in [7, 11) is 0. The van der Waals surface area contributed by atoms with Crippen LogP contribution >= 0.6 is 0 Å². The molecule has 1 aromatic rings. The third-order valence-electron chi connectivity index (χ3n) is 2.88. The molecule has 1 aliphatic carbocycles. The van der Waals surface area contributed by atoms with Crippen LogP contribution in [0.25, 0.3) is 0 Å². The number of aryl methyl sites for hydroxylation is 1. The molecule has 6 nitrogen and oxygen atoms in total. The molecule has 1 saturated carbocycles. The highest BCUT2D eigenvalue weighted by atomic mass is 16.2. The summed E-state index contributed by atoms with van der Waals surface area (Å²) in [6.07, 6.45) is 1.95. The average Bonchev–Trinajstić information content (AvgIpc) is 3.19. The Morgan fingerprint density at radius 3 is 2.55 bits per heavy atom. The standard InChI is InChI=1S/C14H17N3O3/c1-9-3-2-4-10(7-9)8-12(18)16-17-14(20)13(19)15-11-5-6-11/h2-4,7,11H,5-6,8H2,1H3,(H,15,19)(H,16,18)(H,17,20). The zero-order valence-corrected chi connectivity index (χ0v) is 11.2. The largest absolute Gasteiger partial charge is 0.345 e. The van der Waals surface area contributed by atoms with E-state index < -0.39 is 11.8 Å². The van der Waals surface area contributed by atoms with Crippen LogP contribution in [0.4, 0.5) is 0 Å². The lowest BCUT2D eigenvalue weighted by molar-refractivity contribution is -0.140. The third-order valence-corrected chi connectivity index (χ3v) is 2.88. The minimum atomic E-state index is -0.852. The van der Waals surface area contributed by atoms with Crippen molar-refractivity contribution >= 4 is 17.7 Å². The first-order valence-corrected chi connectivity index (χ1v) is 6.50. The van der Waals surface area contributed by atoms with Crippen LogP contribution in [-0.4, -0.2) is 23.8 Å². The normalized spacial score (nSPS) is 13.4. The van der Waals surface area contributed by atoms with Gasteiger partial charge in [0.05, 0.1) is 6.42 Å². The quantitative estimate of drug-likeness (QED) is 0.534. The van der Waals surface area contributed by atoms with Crippen molar-refractivity contribution in [2.45, 2.75) is 32.2 Å². The minimum absolute atomic E-state index is 0.108.